The SMILES string of the molecule is Cc1ccc(S(C)(=O)=O)cc1S(=O)(=O)NCC(C)(C)N1CCc2ccccc2C1. The Balaban J connectivity index is 1.78. The highest BCUT2D eigenvalue weighted by molar-refractivity contribution is 7.91. The van der Waals surface area contributed by atoms with Crippen LogP contribution in [0.15, 0.2) is 52.3 Å². The summed E-state index contributed by atoms with van der Waals surface area (Å²) in [4.78, 5) is 2.27. The number of sulfonamides is 1. The van der Waals surface area contributed by atoms with E-state index in [4.69, 9.17) is 0 Å². The molecule has 29 heavy (non-hydrogen) atoms. The molecule has 1 aliphatic rings. The molecule has 0 aliphatic carbocycles. The lowest BCUT2D eigenvalue weighted by molar-refractivity contribution is 0.108. The molecule has 6 nitrogen and oxygen atoms in total. The number of aryl methyl sites for hydroxylation is 1. The second-order valence-corrected chi connectivity index (χ2v) is 12.0. The van der Waals surface area contributed by atoms with Crippen molar-refractivity contribution in [2.45, 2.75) is 49.1 Å². The predicted molar refractivity (Wildman–Crippen MR) is 114 cm³/mol. The van der Waals surface area contributed by atoms with Gasteiger partial charge in [-0.15, -0.1) is 0 Å². The van der Waals surface area contributed by atoms with Crippen LogP contribution in [-0.4, -0.2) is 46.6 Å². The summed E-state index contributed by atoms with van der Waals surface area (Å²) in [5.41, 5.74) is 2.72. The molecule has 0 saturated carbocycles. The second kappa shape index (κ2) is 7.83. The van der Waals surface area contributed by atoms with E-state index < -0.39 is 25.4 Å². The summed E-state index contributed by atoms with van der Waals surface area (Å²) < 4.78 is 52.2. The maximum Gasteiger partial charge on any atom is 0.240 e. The maximum atomic E-state index is 12.9. The number of rotatable bonds is 6. The van der Waals surface area contributed by atoms with Crippen LogP contribution in [-0.2, 0) is 32.8 Å². The molecule has 0 aromatic heterocycles. The van der Waals surface area contributed by atoms with Crippen LogP contribution in [0.25, 0.3) is 0 Å². The average Bonchev–Trinajstić information content (AvgIpc) is 2.65. The Hall–Kier alpha value is -1.74. The summed E-state index contributed by atoms with van der Waals surface area (Å²) in [6, 6.07) is 12.5. The van der Waals surface area contributed by atoms with Crippen LogP contribution in [0.5, 0.6) is 0 Å². The normalized spacial score (nSPS) is 15.9. The fourth-order valence-corrected chi connectivity index (χ4v) is 5.77. The molecule has 0 fully saturated rings. The molecule has 8 heteroatoms. The van der Waals surface area contributed by atoms with E-state index in [0.29, 0.717) is 5.56 Å². The fourth-order valence-electron chi connectivity index (χ4n) is 3.57. The van der Waals surface area contributed by atoms with E-state index in [0.717, 1.165) is 25.8 Å². The lowest BCUT2D eigenvalue weighted by Gasteiger charge is -2.41. The molecular formula is C21H28N2O4S2. The average molecular weight is 437 g/mol. The van der Waals surface area contributed by atoms with Crippen molar-refractivity contribution in [3.05, 3.63) is 59.2 Å². The van der Waals surface area contributed by atoms with E-state index in [9.17, 15) is 16.8 Å². The summed E-state index contributed by atoms with van der Waals surface area (Å²) in [5.74, 6) is 0. The van der Waals surface area contributed by atoms with Gasteiger partial charge in [0.25, 0.3) is 0 Å². The summed E-state index contributed by atoms with van der Waals surface area (Å²) in [6.45, 7) is 7.54. The first-order chi connectivity index (χ1) is 13.4. The molecule has 2 aromatic carbocycles. The number of nitrogens with zero attached hydrogens (tertiary/aromatic N) is 1. The van der Waals surface area contributed by atoms with E-state index in [2.05, 4.69) is 21.8 Å². The largest absolute Gasteiger partial charge is 0.292 e. The minimum atomic E-state index is -3.85. The summed E-state index contributed by atoms with van der Waals surface area (Å²) in [7, 11) is -7.34. The quantitative estimate of drug-likeness (QED) is 0.752. The summed E-state index contributed by atoms with van der Waals surface area (Å²) in [6.07, 6.45) is 2.00. The molecule has 158 valence electrons. The topological polar surface area (TPSA) is 83.5 Å². The van der Waals surface area contributed by atoms with E-state index in [1.165, 1.54) is 29.3 Å². The minimum absolute atomic E-state index is 0.000199. The van der Waals surface area contributed by atoms with Crippen molar-refractivity contribution in [1.82, 2.24) is 9.62 Å². The van der Waals surface area contributed by atoms with Crippen LogP contribution in [0.3, 0.4) is 0 Å². The second-order valence-electron chi connectivity index (χ2n) is 8.28. The van der Waals surface area contributed by atoms with E-state index in [-0.39, 0.29) is 16.3 Å². The monoisotopic (exact) mass is 436 g/mol. The third-order valence-corrected chi connectivity index (χ3v) is 8.21. The van der Waals surface area contributed by atoms with Crippen molar-refractivity contribution in [3.63, 3.8) is 0 Å². The van der Waals surface area contributed by atoms with Gasteiger partial charge in [-0.3, -0.25) is 4.90 Å². The van der Waals surface area contributed by atoms with Crippen LogP contribution in [0, 0.1) is 6.92 Å². The molecule has 3 rings (SSSR count). The molecule has 0 atom stereocenters. The van der Waals surface area contributed by atoms with Gasteiger partial charge in [0.2, 0.25) is 10.0 Å². The Morgan fingerprint density at radius 2 is 1.69 bits per heavy atom. The first-order valence-corrected chi connectivity index (χ1v) is 12.9. The van der Waals surface area contributed by atoms with Gasteiger partial charge in [0.1, 0.15) is 0 Å². The van der Waals surface area contributed by atoms with Crippen LogP contribution >= 0.6 is 0 Å². The Kier molecular flexibility index (Phi) is 5.93. The number of benzene rings is 2. The van der Waals surface area contributed by atoms with Gasteiger partial charge in [0.05, 0.1) is 9.79 Å². The number of fused-ring (bicyclic) bond motifs is 1. The number of hydrogen-bond donors (Lipinski definition) is 1. The Morgan fingerprint density at radius 3 is 2.34 bits per heavy atom. The van der Waals surface area contributed by atoms with Crippen molar-refractivity contribution < 1.29 is 16.8 Å². The first-order valence-electron chi connectivity index (χ1n) is 9.52. The van der Waals surface area contributed by atoms with Crippen molar-refractivity contribution in [2.24, 2.45) is 0 Å². The van der Waals surface area contributed by atoms with Crippen LogP contribution < -0.4 is 4.72 Å². The van der Waals surface area contributed by atoms with Crippen molar-refractivity contribution in [1.29, 1.82) is 0 Å². The van der Waals surface area contributed by atoms with Gasteiger partial charge in [0.15, 0.2) is 9.84 Å². The lowest BCUT2D eigenvalue weighted by atomic mass is 9.94. The van der Waals surface area contributed by atoms with Gasteiger partial charge in [-0.1, -0.05) is 30.3 Å². The molecule has 1 N–H and O–H groups in total. The van der Waals surface area contributed by atoms with Crippen molar-refractivity contribution >= 4 is 19.9 Å². The highest BCUT2D eigenvalue weighted by Gasteiger charge is 2.31. The van der Waals surface area contributed by atoms with Gasteiger partial charge < -0.3 is 0 Å². The van der Waals surface area contributed by atoms with Gasteiger partial charge >= 0.3 is 0 Å². The Labute approximate surface area is 173 Å². The third-order valence-electron chi connectivity index (χ3n) is 5.56. The predicted octanol–water partition coefficient (Wildman–Crippen LogP) is 2.51. The highest BCUT2D eigenvalue weighted by atomic mass is 32.2. The van der Waals surface area contributed by atoms with E-state index in [1.54, 1.807) is 6.92 Å². The molecule has 0 spiro atoms. The molecule has 0 bridgehead atoms. The number of nitrogens with one attached hydrogen (secondary N) is 1. The van der Waals surface area contributed by atoms with E-state index >= 15 is 0 Å². The first kappa shape index (κ1) is 22.0. The fraction of sp³-hybridized carbons (Fsp3) is 0.429. The zero-order valence-electron chi connectivity index (χ0n) is 17.3. The van der Waals surface area contributed by atoms with Crippen molar-refractivity contribution in [3.8, 4) is 0 Å². The highest BCUT2D eigenvalue weighted by Crippen LogP contribution is 2.26. The molecule has 1 aliphatic heterocycles. The maximum absolute atomic E-state index is 12.9. The molecular weight excluding hydrogens is 408 g/mol. The zero-order chi connectivity index (χ0) is 21.4. The number of sulfone groups is 1. The smallest absolute Gasteiger partial charge is 0.240 e. The Bertz CT molecular complexity index is 1120. The van der Waals surface area contributed by atoms with Gasteiger partial charge in [-0.05, 0) is 56.0 Å². The van der Waals surface area contributed by atoms with Crippen molar-refractivity contribution in [2.75, 3.05) is 19.3 Å². The molecule has 0 unspecified atom stereocenters. The lowest BCUT2D eigenvalue weighted by Crippen LogP contribution is -2.53. The summed E-state index contributed by atoms with van der Waals surface area (Å²) in [5, 5.41) is 0. The van der Waals surface area contributed by atoms with Crippen LogP contribution in [0.4, 0.5) is 0 Å². The molecule has 0 radical (unpaired) electrons. The van der Waals surface area contributed by atoms with E-state index in [1.807, 2.05) is 26.0 Å². The molecule has 2 aromatic rings. The van der Waals surface area contributed by atoms with Gasteiger partial charge in [0, 0.05) is 31.4 Å². The molecule has 1 heterocycles. The number of hydrogen-bond acceptors (Lipinski definition) is 5. The van der Waals surface area contributed by atoms with Crippen LogP contribution in [0.2, 0.25) is 0 Å². The minimum Gasteiger partial charge on any atom is -0.292 e. The molecule has 0 amide bonds. The standard InChI is InChI=1S/C21H28N2O4S2/c1-16-9-10-19(28(4,24)25)13-20(16)29(26,27)22-15-21(2,3)23-12-11-17-7-5-6-8-18(17)14-23/h5-10,13,22H,11-12,14-15H2,1-4H3. The third kappa shape index (κ3) is 4.88. The van der Waals surface area contributed by atoms with Crippen LogP contribution in [0.1, 0.15) is 30.5 Å². The Morgan fingerprint density at radius 1 is 1.03 bits per heavy atom. The van der Waals surface area contributed by atoms with Gasteiger partial charge in [-0.25, -0.2) is 21.6 Å². The zero-order valence-corrected chi connectivity index (χ0v) is 18.9. The summed E-state index contributed by atoms with van der Waals surface area (Å²) >= 11 is 0. The molecule has 0 saturated heterocycles. The van der Waals surface area contributed by atoms with Gasteiger partial charge in [-0.2, -0.15) is 0 Å².